The highest BCUT2D eigenvalue weighted by atomic mass is 35.5. The van der Waals surface area contributed by atoms with E-state index < -0.39 is 6.10 Å². The molecule has 3 rings (SSSR count). The van der Waals surface area contributed by atoms with Crippen molar-refractivity contribution in [2.75, 3.05) is 13.2 Å². The van der Waals surface area contributed by atoms with E-state index in [2.05, 4.69) is 10.1 Å². The van der Waals surface area contributed by atoms with Crippen LogP contribution in [0.4, 0.5) is 0 Å². The van der Waals surface area contributed by atoms with E-state index in [1.54, 1.807) is 25.1 Å². The molecule has 1 unspecified atom stereocenters. The molecule has 1 aromatic carbocycles. The molecule has 0 aliphatic rings. The molecule has 0 aliphatic heterocycles. The predicted octanol–water partition coefficient (Wildman–Crippen LogP) is 3.40. The lowest BCUT2D eigenvalue weighted by atomic mass is 10.1. The monoisotopic (exact) mass is 395 g/mol. The number of hydrogen-bond donors (Lipinski definition) is 2. The molecule has 0 aliphatic carbocycles. The highest BCUT2D eigenvalue weighted by Gasteiger charge is 2.20. The summed E-state index contributed by atoms with van der Waals surface area (Å²) < 4.78 is 6.74. The summed E-state index contributed by atoms with van der Waals surface area (Å²) in [6.07, 6.45) is -0.785. The first kappa shape index (κ1) is 18.9. The number of aliphatic hydroxyl groups excluding tert-OH is 1. The smallest absolute Gasteiger partial charge is 0.207 e. The minimum Gasteiger partial charge on any atom is -0.389 e. The molecule has 0 saturated carbocycles. The zero-order valence-electron chi connectivity index (χ0n) is 14.4. The first-order chi connectivity index (χ1) is 12.4. The van der Waals surface area contributed by atoms with Crippen LogP contribution < -0.4 is 5.43 Å². The maximum Gasteiger partial charge on any atom is 0.207 e. The molecule has 0 spiro atoms. The van der Waals surface area contributed by atoms with E-state index in [1.807, 2.05) is 6.92 Å². The van der Waals surface area contributed by atoms with Crippen LogP contribution in [-0.2, 0) is 11.3 Å². The summed E-state index contributed by atoms with van der Waals surface area (Å²) in [6, 6.07) is 6.60. The van der Waals surface area contributed by atoms with Gasteiger partial charge in [0, 0.05) is 29.0 Å². The van der Waals surface area contributed by atoms with Crippen molar-refractivity contribution in [2.45, 2.75) is 26.5 Å². The Morgan fingerprint density at radius 3 is 2.81 bits per heavy atom. The van der Waals surface area contributed by atoms with Crippen LogP contribution in [0.25, 0.3) is 22.3 Å². The maximum atomic E-state index is 12.6. The lowest BCUT2D eigenvalue weighted by Crippen LogP contribution is -2.24. The topological polar surface area (TPSA) is 80.1 Å². The van der Waals surface area contributed by atoms with Crippen molar-refractivity contribution < 1.29 is 9.84 Å². The quantitative estimate of drug-likeness (QED) is 0.669. The van der Waals surface area contributed by atoms with E-state index in [-0.39, 0.29) is 18.6 Å². The van der Waals surface area contributed by atoms with Gasteiger partial charge in [-0.3, -0.25) is 9.48 Å². The van der Waals surface area contributed by atoms with E-state index in [0.29, 0.717) is 44.6 Å². The van der Waals surface area contributed by atoms with Crippen molar-refractivity contribution in [2.24, 2.45) is 0 Å². The van der Waals surface area contributed by atoms with Gasteiger partial charge in [0.25, 0.3) is 0 Å². The summed E-state index contributed by atoms with van der Waals surface area (Å²) in [7, 11) is 0. The highest BCUT2D eigenvalue weighted by Crippen LogP contribution is 2.33. The van der Waals surface area contributed by atoms with Gasteiger partial charge in [0.2, 0.25) is 5.43 Å². The van der Waals surface area contributed by atoms with Gasteiger partial charge in [-0.2, -0.15) is 5.10 Å². The molecule has 2 heterocycles. The molecule has 0 radical (unpaired) electrons. The van der Waals surface area contributed by atoms with Crippen LogP contribution in [0.1, 0.15) is 12.6 Å². The molecule has 138 valence electrons. The summed E-state index contributed by atoms with van der Waals surface area (Å²) >= 11 is 12.3. The third-order valence-corrected chi connectivity index (χ3v) is 4.49. The highest BCUT2D eigenvalue weighted by molar-refractivity contribution is 6.36. The van der Waals surface area contributed by atoms with Crippen LogP contribution in [0.5, 0.6) is 0 Å². The van der Waals surface area contributed by atoms with Gasteiger partial charge in [-0.1, -0.05) is 23.2 Å². The number of nitrogens with zero attached hydrogens (tertiary/aromatic N) is 2. The van der Waals surface area contributed by atoms with Gasteiger partial charge in [0.15, 0.2) is 0 Å². The van der Waals surface area contributed by atoms with Crippen molar-refractivity contribution in [1.82, 2.24) is 14.8 Å². The largest absolute Gasteiger partial charge is 0.389 e. The fraction of sp³-hybridized carbons (Fsp3) is 0.333. The Balaban J connectivity index is 2.16. The zero-order chi connectivity index (χ0) is 18.8. The maximum absolute atomic E-state index is 12.6. The Hall–Kier alpha value is -1.86. The minimum atomic E-state index is -0.785. The molecule has 3 aromatic rings. The molecular weight excluding hydrogens is 377 g/mol. The molecular formula is C18H19Cl2N3O3. The molecule has 6 nitrogen and oxygen atoms in total. The molecule has 0 fully saturated rings. The third kappa shape index (κ3) is 3.78. The number of benzene rings is 1. The van der Waals surface area contributed by atoms with E-state index >= 15 is 0 Å². The number of fused-ring (bicyclic) bond motifs is 1. The van der Waals surface area contributed by atoms with Gasteiger partial charge in [0.1, 0.15) is 11.2 Å². The van der Waals surface area contributed by atoms with E-state index in [9.17, 15) is 9.90 Å². The number of aromatic amines is 1. The second kappa shape index (κ2) is 7.80. The first-order valence-electron chi connectivity index (χ1n) is 8.22. The van der Waals surface area contributed by atoms with E-state index in [1.165, 1.54) is 10.7 Å². The van der Waals surface area contributed by atoms with Crippen LogP contribution in [-0.4, -0.2) is 39.2 Å². The van der Waals surface area contributed by atoms with Crippen LogP contribution in [0.15, 0.2) is 29.1 Å². The Labute approximate surface area is 160 Å². The summed E-state index contributed by atoms with van der Waals surface area (Å²) in [5.41, 5.74) is 2.67. The standard InChI is InChI=1S/C18H19Cl2N3O3/c1-3-26-9-12(24)8-23-18-15(25)6-10(2)21-17(18)16(22-23)13-5-4-11(19)7-14(13)20/h4-7,12,24H,3,8-9H2,1-2H3,(H,21,25). The van der Waals surface area contributed by atoms with E-state index in [0.717, 1.165) is 0 Å². The Kier molecular flexibility index (Phi) is 5.67. The molecule has 0 amide bonds. The normalized spacial score (nSPS) is 12.7. The molecule has 2 aromatic heterocycles. The minimum absolute atomic E-state index is 0.133. The second-order valence-corrected chi connectivity index (χ2v) is 6.85. The predicted molar refractivity (Wildman–Crippen MR) is 103 cm³/mol. The molecule has 1 atom stereocenters. The third-order valence-electron chi connectivity index (χ3n) is 3.94. The number of pyridine rings is 1. The Bertz CT molecular complexity index is 997. The van der Waals surface area contributed by atoms with Crippen molar-refractivity contribution in [3.8, 4) is 11.3 Å². The van der Waals surface area contributed by atoms with Gasteiger partial charge in [-0.05, 0) is 32.0 Å². The van der Waals surface area contributed by atoms with Gasteiger partial charge < -0.3 is 14.8 Å². The Morgan fingerprint density at radius 1 is 1.35 bits per heavy atom. The van der Waals surface area contributed by atoms with Gasteiger partial charge in [-0.25, -0.2) is 0 Å². The first-order valence-corrected chi connectivity index (χ1v) is 8.98. The molecule has 0 bridgehead atoms. The van der Waals surface area contributed by atoms with Gasteiger partial charge >= 0.3 is 0 Å². The lowest BCUT2D eigenvalue weighted by Gasteiger charge is -2.11. The zero-order valence-corrected chi connectivity index (χ0v) is 15.9. The van der Waals surface area contributed by atoms with Gasteiger partial charge in [-0.15, -0.1) is 0 Å². The molecule has 26 heavy (non-hydrogen) atoms. The number of aliphatic hydroxyl groups is 1. The van der Waals surface area contributed by atoms with Crippen molar-refractivity contribution >= 4 is 34.2 Å². The van der Waals surface area contributed by atoms with Crippen LogP contribution in [0, 0.1) is 6.92 Å². The van der Waals surface area contributed by atoms with Crippen molar-refractivity contribution in [1.29, 1.82) is 0 Å². The summed E-state index contributed by atoms with van der Waals surface area (Å²) in [4.78, 5) is 15.7. The van der Waals surface area contributed by atoms with E-state index in [4.69, 9.17) is 27.9 Å². The number of aryl methyl sites for hydroxylation is 1. The number of H-pyrrole nitrogens is 1. The number of rotatable bonds is 6. The average Bonchev–Trinajstić information content (AvgIpc) is 2.91. The fourth-order valence-electron chi connectivity index (χ4n) is 2.84. The van der Waals surface area contributed by atoms with Crippen molar-refractivity contribution in [3.05, 3.63) is 50.2 Å². The average molecular weight is 396 g/mol. The SMILES string of the molecule is CCOCC(O)Cn1nc(-c2ccc(Cl)cc2Cl)c2[nH]c(C)cc(=O)c21. The Morgan fingerprint density at radius 2 is 2.12 bits per heavy atom. The molecule has 2 N–H and O–H groups in total. The molecule has 0 saturated heterocycles. The summed E-state index contributed by atoms with van der Waals surface area (Å²) in [5.74, 6) is 0. The fourth-order valence-corrected chi connectivity index (χ4v) is 3.34. The number of halogens is 2. The summed E-state index contributed by atoms with van der Waals surface area (Å²) in [6.45, 7) is 4.45. The van der Waals surface area contributed by atoms with Crippen LogP contribution in [0.3, 0.4) is 0 Å². The number of aromatic nitrogens is 3. The van der Waals surface area contributed by atoms with Crippen LogP contribution >= 0.6 is 23.2 Å². The number of ether oxygens (including phenoxy) is 1. The lowest BCUT2D eigenvalue weighted by molar-refractivity contribution is 0.0323. The summed E-state index contributed by atoms with van der Waals surface area (Å²) in [5, 5.41) is 15.7. The second-order valence-electron chi connectivity index (χ2n) is 6.01. The number of hydrogen-bond acceptors (Lipinski definition) is 4. The van der Waals surface area contributed by atoms with Gasteiger partial charge in [0.05, 0.1) is 29.8 Å². The number of nitrogens with one attached hydrogen (secondary N) is 1. The van der Waals surface area contributed by atoms with Crippen LogP contribution in [0.2, 0.25) is 10.0 Å². The van der Waals surface area contributed by atoms with Crippen molar-refractivity contribution in [3.63, 3.8) is 0 Å². The molecule has 8 heteroatoms.